The first kappa shape index (κ1) is 17.4. The highest BCUT2D eigenvalue weighted by molar-refractivity contribution is 5.96. The van der Waals surface area contributed by atoms with Gasteiger partial charge in [0.25, 0.3) is 11.8 Å². The molecule has 0 aliphatic heterocycles. The summed E-state index contributed by atoms with van der Waals surface area (Å²) >= 11 is 0. The molecule has 0 saturated heterocycles. The Labute approximate surface area is 149 Å². The Bertz CT molecular complexity index is 1010. The molecule has 3 rings (SSSR count). The average Bonchev–Trinajstić information content (AvgIpc) is 2.93. The molecule has 9 heteroatoms. The van der Waals surface area contributed by atoms with Crippen molar-refractivity contribution in [2.75, 3.05) is 12.4 Å². The van der Waals surface area contributed by atoms with Gasteiger partial charge in [-0.2, -0.15) is 0 Å². The molecule has 134 valence electrons. The summed E-state index contributed by atoms with van der Waals surface area (Å²) in [5.41, 5.74) is 11.4. The molecule has 2 heterocycles. The van der Waals surface area contributed by atoms with E-state index in [2.05, 4.69) is 25.7 Å². The highest BCUT2D eigenvalue weighted by atomic mass is 16.6. The van der Waals surface area contributed by atoms with Crippen molar-refractivity contribution in [3.8, 4) is 0 Å². The number of amides is 2. The molecule has 2 amide bonds. The topological polar surface area (TPSA) is 124 Å². The van der Waals surface area contributed by atoms with Crippen LogP contribution in [-0.2, 0) is 4.84 Å². The zero-order valence-electron chi connectivity index (χ0n) is 14.5. The van der Waals surface area contributed by atoms with E-state index in [0.717, 1.165) is 11.1 Å². The molecule has 0 aliphatic carbocycles. The highest BCUT2D eigenvalue weighted by Crippen LogP contribution is 2.21. The number of carbonyl (C=O) groups is 2. The van der Waals surface area contributed by atoms with E-state index >= 15 is 0 Å². The fourth-order valence-electron chi connectivity index (χ4n) is 2.56. The summed E-state index contributed by atoms with van der Waals surface area (Å²) in [6, 6.07) is 5.16. The Morgan fingerprint density at radius 3 is 2.73 bits per heavy atom. The number of carbonyl (C=O) groups excluding carboxylic acids is 2. The average molecular weight is 354 g/mol. The number of nitrogens with one attached hydrogen (secondary N) is 2. The van der Waals surface area contributed by atoms with Gasteiger partial charge < -0.3 is 11.1 Å². The predicted octanol–water partition coefficient (Wildman–Crippen LogP) is 1.48. The number of rotatable bonds is 5. The zero-order valence-corrected chi connectivity index (χ0v) is 14.5. The van der Waals surface area contributed by atoms with Crippen LogP contribution >= 0.6 is 0 Å². The van der Waals surface area contributed by atoms with Crippen molar-refractivity contribution in [2.24, 2.45) is 5.73 Å². The van der Waals surface area contributed by atoms with E-state index in [9.17, 15) is 9.59 Å². The van der Waals surface area contributed by atoms with Gasteiger partial charge in [-0.25, -0.2) is 15.0 Å². The quantitative estimate of drug-likeness (QED) is 0.596. The van der Waals surface area contributed by atoms with E-state index in [1.807, 2.05) is 6.92 Å². The lowest BCUT2D eigenvalue weighted by Gasteiger charge is -2.10. The summed E-state index contributed by atoms with van der Waals surface area (Å²) in [6.07, 6.45) is 3.17. The lowest BCUT2D eigenvalue weighted by molar-refractivity contribution is 0.0537. The van der Waals surface area contributed by atoms with Gasteiger partial charge in [0, 0.05) is 17.4 Å². The second kappa shape index (κ2) is 6.81. The number of hydrogen-bond acceptors (Lipinski definition) is 6. The molecule has 0 saturated carbocycles. The molecule has 0 atom stereocenters. The van der Waals surface area contributed by atoms with Crippen molar-refractivity contribution in [1.82, 2.24) is 20.1 Å². The summed E-state index contributed by atoms with van der Waals surface area (Å²) < 4.78 is 1.54. The third-order valence-corrected chi connectivity index (χ3v) is 4.00. The minimum atomic E-state index is -0.518. The Morgan fingerprint density at radius 1 is 1.27 bits per heavy atom. The van der Waals surface area contributed by atoms with Crippen LogP contribution in [0.1, 0.15) is 31.8 Å². The van der Waals surface area contributed by atoms with Gasteiger partial charge >= 0.3 is 0 Å². The lowest BCUT2D eigenvalue weighted by Crippen LogP contribution is -2.21. The van der Waals surface area contributed by atoms with E-state index in [4.69, 9.17) is 5.73 Å². The van der Waals surface area contributed by atoms with Gasteiger partial charge in [0.05, 0.1) is 24.4 Å². The lowest BCUT2D eigenvalue weighted by atomic mass is 10.1. The molecular weight excluding hydrogens is 336 g/mol. The van der Waals surface area contributed by atoms with Crippen LogP contribution < -0.4 is 16.5 Å². The van der Waals surface area contributed by atoms with Crippen molar-refractivity contribution >= 4 is 29.0 Å². The number of aryl methyl sites for hydroxylation is 2. The van der Waals surface area contributed by atoms with E-state index in [1.54, 1.807) is 42.0 Å². The van der Waals surface area contributed by atoms with Crippen molar-refractivity contribution in [1.29, 1.82) is 0 Å². The van der Waals surface area contributed by atoms with Crippen LogP contribution in [0.3, 0.4) is 0 Å². The Hall–Kier alpha value is -3.46. The van der Waals surface area contributed by atoms with Gasteiger partial charge in [0.2, 0.25) is 5.95 Å². The molecule has 4 N–H and O–H groups in total. The first-order valence-corrected chi connectivity index (χ1v) is 7.76. The molecule has 0 bridgehead atoms. The SMILES string of the molecule is CONC(=O)c1ccc(C)c(Nc2ncc3c(C)c(C(N)=O)cn3n2)c1. The molecule has 0 aliphatic rings. The largest absolute Gasteiger partial charge is 0.366 e. The Morgan fingerprint density at radius 2 is 2.04 bits per heavy atom. The number of benzene rings is 1. The van der Waals surface area contributed by atoms with Crippen LogP contribution in [0.2, 0.25) is 0 Å². The second-order valence-electron chi connectivity index (χ2n) is 5.73. The van der Waals surface area contributed by atoms with Crippen molar-refractivity contribution in [2.45, 2.75) is 13.8 Å². The molecule has 26 heavy (non-hydrogen) atoms. The summed E-state index contributed by atoms with van der Waals surface area (Å²) in [6.45, 7) is 3.68. The summed E-state index contributed by atoms with van der Waals surface area (Å²) in [5.74, 6) is -0.565. The number of anilines is 2. The Balaban J connectivity index is 1.94. The number of hydrogen-bond donors (Lipinski definition) is 3. The van der Waals surface area contributed by atoms with Gasteiger partial charge in [0.15, 0.2) is 0 Å². The minimum Gasteiger partial charge on any atom is -0.366 e. The molecule has 1 aromatic carbocycles. The third-order valence-electron chi connectivity index (χ3n) is 4.00. The predicted molar refractivity (Wildman–Crippen MR) is 95.2 cm³/mol. The maximum absolute atomic E-state index is 11.9. The summed E-state index contributed by atoms with van der Waals surface area (Å²) in [4.78, 5) is 32.3. The van der Waals surface area contributed by atoms with Crippen molar-refractivity contribution < 1.29 is 14.4 Å². The monoisotopic (exact) mass is 354 g/mol. The molecular formula is C17H18N6O3. The van der Waals surface area contributed by atoms with Crippen LogP contribution in [0.4, 0.5) is 11.6 Å². The van der Waals surface area contributed by atoms with Crippen LogP contribution in [0, 0.1) is 13.8 Å². The Kier molecular flexibility index (Phi) is 4.55. The highest BCUT2D eigenvalue weighted by Gasteiger charge is 2.14. The number of hydroxylamine groups is 1. The van der Waals surface area contributed by atoms with Crippen LogP contribution in [0.25, 0.3) is 5.52 Å². The van der Waals surface area contributed by atoms with Gasteiger partial charge in [-0.05, 0) is 37.1 Å². The normalized spacial score (nSPS) is 10.7. The third kappa shape index (κ3) is 3.20. The maximum Gasteiger partial charge on any atom is 0.274 e. The number of fused-ring (bicyclic) bond motifs is 1. The van der Waals surface area contributed by atoms with Gasteiger partial charge in [-0.15, -0.1) is 5.10 Å². The fraction of sp³-hybridized carbons (Fsp3) is 0.176. The van der Waals surface area contributed by atoms with Crippen LogP contribution in [0.5, 0.6) is 0 Å². The first-order valence-electron chi connectivity index (χ1n) is 7.76. The summed E-state index contributed by atoms with van der Waals surface area (Å²) in [5, 5.41) is 7.43. The molecule has 9 nitrogen and oxygen atoms in total. The molecule has 0 fully saturated rings. The number of nitrogens with two attached hydrogens (primary N) is 1. The van der Waals surface area contributed by atoms with Crippen molar-refractivity contribution in [3.05, 3.63) is 52.8 Å². The molecule has 0 unspecified atom stereocenters. The van der Waals surface area contributed by atoms with E-state index in [-0.39, 0.29) is 5.91 Å². The van der Waals surface area contributed by atoms with E-state index < -0.39 is 5.91 Å². The zero-order chi connectivity index (χ0) is 18.8. The maximum atomic E-state index is 11.9. The molecule has 0 spiro atoms. The molecule has 3 aromatic rings. The van der Waals surface area contributed by atoms with Gasteiger partial charge in [-0.1, -0.05) is 6.07 Å². The number of nitrogens with zero attached hydrogens (tertiary/aromatic N) is 3. The number of aromatic nitrogens is 3. The van der Waals surface area contributed by atoms with Gasteiger partial charge in [-0.3, -0.25) is 14.4 Å². The minimum absolute atomic E-state index is 0.316. The summed E-state index contributed by atoms with van der Waals surface area (Å²) in [7, 11) is 1.37. The van der Waals surface area contributed by atoms with Gasteiger partial charge in [0.1, 0.15) is 0 Å². The molecule has 0 radical (unpaired) electrons. The molecule has 2 aromatic heterocycles. The van der Waals surface area contributed by atoms with E-state index in [0.29, 0.717) is 28.3 Å². The first-order chi connectivity index (χ1) is 12.4. The second-order valence-corrected chi connectivity index (χ2v) is 5.73. The smallest absolute Gasteiger partial charge is 0.274 e. The fourth-order valence-corrected chi connectivity index (χ4v) is 2.56. The standard InChI is InChI=1S/C17H18N6O3/c1-9-4-5-11(16(25)22-26-3)6-13(9)20-17-19-7-14-10(2)12(15(18)24)8-23(14)21-17/h4-8H,1-3H3,(H2,18,24)(H,20,21)(H,22,25). The van der Waals surface area contributed by atoms with Crippen molar-refractivity contribution in [3.63, 3.8) is 0 Å². The van der Waals surface area contributed by atoms with Crippen LogP contribution in [0.15, 0.2) is 30.6 Å². The van der Waals surface area contributed by atoms with E-state index in [1.165, 1.54) is 7.11 Å². The number of primary amides is 1. The van der Waals surface area contributed by atoms with Crippen LogP contribution in [-0.4, -0.2) is 33.5 Å².